The van der Waals surface area contributed by atoms with Crippen LogP contribution in [0.5, 0.6) is 0 Å². The first-order valence-corrected chi connectivity index (χ1v) is 8.42. The van der Waals surface area contributed by atoms with Crippen molar-refractivity contribution in [3.63, 3.8) is 0 Å². The van der Waals surface area contributed by atoms with Gasteiger partial charge in [-0.15, -0.1) is 0 Å². The highest BCUT2D eigenvalue weighted by molar-refractivity contribution is 5.82. The summed E-state index contributed by atoms with van der Waals surface area (Å²) in [6.45, 7) is 2.17. The lowest BCUT2D eigenvalue weighted by Gasteiger charge is -2.07. The van der Waals surface area contributed by atoms with Crippen LogP contribution in [-0.2, 0) is 12.6 Å². The normalized spacial score (nSPS) is 12.3. The van der Waals surface area contributed by atoms with Gasteiger partial charge in [-0.05, 0) is 41.7 Å². The van der Waals surface area contributed by atoms with E-state index in [-0.39, 0.29) is 5.56 Å². The largest absolute Gasteiger partial charge is 0.419 e. The number of halogens is 4. The summed E-state index contributed by atoms with van der Waals surface area (Å²) in [5.41, 5.74) is 1.04. The van der Waals surface area contributed by atoms with Crippen molar-refractivity contribution in [2.45, 2.75) is 38.8 Å². The number of alkyl halides is 3. The van der Waals surface area contributed by atoms with Crippen LogP contribution >= 0.6 is 0 Å². The first kappa shape index (κ1) is 19.8. The van der Waals surface area contributed by atoms with Crippen LogP contribution in [0.15, 0.2) is 52.7 Å². The number of hydrogen-bond acceptors (Lipinski definition) is 2. The van der Waals surface area contributed by atoms with E-state index in [0.29, 0.717) is 6.07 Å². The molecule has 6 heteroatoms. The van der Waals surface area contributed by atoms with Gasteiger partial charge in [-0.2, -0.15) is 23.4 Å². The molecule has 0 amide bonds. The number of unbranched alkanes of at least 4 members (excludes halogenated alkanes) is 2. The van der Waals surface area contributed by atoms with Gasteiger partial charge in [0.15, 0.2) is 0 Å². The quantitative estimate of drug-likeness (QED) is 0.248. The summed E-state index contributed by atoms with van der Waals surface area (Å²) in [6.07, 6.45) is 2.64. The molecule has 0 heterocycles. The minimum Gasteiger partial charge on any atom is -0.206 e. The van der Waals surface area contributed by atoms with Crippen molar-refractivity contribution in [1.82, 2.24) is 0 Å². The van der Waals surface area contributed by atoms with Gasteiger partial charge in [-0.25, -0.2) is 4.39 Å². The van der Waals surface area contributed by atoms with Crippen LogP contribution in [-0.4, -0.2) is 12.4 Å². The molecular formula is C20H20F4N2. The minimum atomic E-state index is -4.71. The van der Waals surface area contributed by atoms with Crippen LogP contribution in [0.3, 0.4) is 0 Å². The third kappa shape index (κ3) is 6.10. The number of rotatable bonds is 7. The number of aryl methyl sites for hydroxylation is 1. The number of benzene rings is 2. The Labute approximate surface area is 150 Å². The molecule has 2 nitrogen and oxygen atoms in total. The topological polar surface area (TPSA) is 24.7 Å². The van der Waals surface area contributed by atoms with Crippen molar-refractivity contribution < 1.29 is 17.6 Å². The van der Waals surface area contributed by atoms with E-state index in [4.69, 9.17) is 0 Å². The Morgan fingerprint density at radius 1 is 0.885 bits per heavy atom. The molecular weight excluding hydrogens is 344 g/mol. The second-order valence-corrected chi connectivity index (χ2v) is 5.92. The van der Waals surface area contributed by atoms with Crippen LogP contribution in [0.2, 0.25) is 0 Å². The van der Waals surface area contributed by atoms with E-state index in [0.717, 1.165) is 30.5 Å². The van der Waals surface area contributed by atoms with Crippen molar-refractivity contribution in [3.05, 3.63) is 70.5 Å². The van der Waals surface area contributed by atoms with Crippen molar-refractivity contribution in [3.8, 4) is 0 Å². The molecule has 0 N–H and O–H groups in total. The molecule has 0 atom stereocenters. The van der Waals surface area contributed by atoms with Gasteiger partial charge in [0.05, 0.1) is 18.0 Å². The molecule has 0 radical (unpaired) electrons. The summed E-state index contributed by atoms with van der Waals surface area (Å²) in [6, 6.07) is 10.6. The molecule has 2 rings (SSSR count). The van der Waals surface area contributed by atoms with Gasteiger partial charge < -0.3 is 0 Å². The van der Waals surface area contributed by atoms with E-state index in [9.17, 15) is 17.6 Å². The maximum atomic E-state index is 13.4. The lowest BCUT2D eigenvalue weighted by atomic mass is 10.1. The number of nitrogens with zero attached hydrogens (tertiary/aromatic N) is 2. The second-order valence-electron chi connectivity index (χ2n) is 5.92. The number of hydrogen-bond donors (Lipinski definition) is 0. The molecule has 0 unspecified atom stereocenters. The summed E-state index contributed by atoms with van der Waals surface area (Å²) in [5.74, 6) is -1.33. The zero-order valence-corrected chi connectivity index (χ0v) is 14.4. The van der Waals surface area contributed by atoms with Crippen LogP contribution in [0.4, 0.5) is 17.6 Å². The average Bonchev–Trinajstić information content (AvgIpc) is 2.59. The first-order valence-electron chi connectivity index (χ1n) is 8.42. The van der Waals surface area contributed by atoms with E-state index < -0.39 is 17.6 Å². The third-order valence-electron chi connectivity index (χ3n) is 3.83. The molecule has 0 aliphatic rings. The zero-order valence-electron chi connectivity index (χ0n) is 14.4. The van der Waals surface area contributed by atoms with Gasteiger partial charge in [0.25, 0.3) is 0 Å². The Hall–Kier alpha value is -2.50. The fraction of sp³-hybridized carbons (Fsp3) is 0.300. The molecule has 0 saturated carbocycles. The maximum absolute atomic E-state index is 13.4. The summed E-state index contributed by atoms with van der Waals surface area (Å²) in [5, 5.41) is 7.59. The van der Waals surface area contributed by atoms with Crippen LogP contribution in [0, 0.1) is 5.82 Å². The highest BCUT2D eigenvalue weighted by Crippen LogP contribution is 2.31. The van der Waals surface area contributed by atoms with Crippen molar-refractivity contribution in [2.75, 3.05) is 0 Å². The van der Waals surface area contributed by atoms with Gasteiger partial charge in [-0.1, -0.05) is 50.1 Å². The average molecular weight is 364 g/mol. The van der Waals surface area contributed by atoms with Crippen LogP contribution < -0.4 is 0 Å². The molecule has 0 aromatic heterocycles. The minimum absolute atomic E-state index is 0.207. The van der Waals surface area contributed by atoms with Crippen LogP contribution in [0.25, 0.3) is 0 Å². The van der Waals surface area contributed by atoms with Gasteiger partial charge in [-0.3, -0.25) is 0 Å². The Morgan fingerprint density at radius 3 is 2.08 bits per heavy atom. The molecule has 0 spiro atoms. The zero-order chi connectivity index (χ0) is 19.0. The Kier molecular flexibility index (Phi) is 7.06. The SMILES string of the molecule is CCCCCc1ccc(/C=N/N=C/c2ccc(C(F)(F)F)c(F)c2)cc1. The van der Waals surface area contributed by atoms with Gasteiger partial charge in [0.1, 0.15) is 5.82 Å². The van der Waals surface area contributed by atoms with Gasteiger partial charge in [0.2, 0.25) is 0 Å². The molecule has 2 aromatic rings. The summed E-state index contributed by atoms with van der Waals surface area (Å²) >= 11 is 0. The standard InChI is InChI=1S/C20H20F4N2/c1-2-3-4-5-15-6-8-16(9-7-15)13-25-26-14-17-10-11-18(19(21)12-17)20(22,23)24/h6-14H,2-5H2,1H3/b25-13+,26-14+. The predicted molar refractivity (Wildman–Crippen MR) is 96.3 cm³/mol. The fourth-order valence-corrected chi connectivity index (χ4v) is 2.39. The summed E-state index contributed by atoms with van der Waals surface area (Å²) in [7, 11) is 0. The van der Waals surface area contributed by atoms with Gasteiger partial charge >= 0.3 is 6.18 Å². The lowest BCUT2D eigenvalue weighted by molar-refractivity contribution is -0.140. The molecule has 26 heavy (non-hydrogen) atoms. The highest BCUT2D eigenvalue weighted by atomic mass is 19.4. The molecule has 2 aromatic carbocycles. The van der Waals surface area contributed by atoms with Gasteiger partial charge in [0, 0.05) is 0 Å². The molecule has 0 aliphatic carbocycles. The molecule has 0 saturated heterocycles. The maximum Gasteiger partial charge on any atom is 0.419 e. The highest BCUT2D eigenvalue weighted by Gasteiger charge is 2.33. The van der Waals surface area contributed by atoms with E-state index in [1.807, 2.05) is 24.3 Å². The summed E-state index contributed by atoms with van der Waals surface area (Å²) in [4.78, 5) is 0. The molecule has 0 fully saturated rings. The van der Waals surface area contributed by atoms with E-state index in [1.54, 1.807) is 0 Å². The molecule has 138 valence electrons. The van der Waals surface area contributed by atoms with Crippen molar-refractivity contribution >= 4 is 12.4 Å². The van der Waals surface area contributed by atoms with Crippen LogP contribution in [0.1, 0.15) is 48.4 Å². The molecule has 0 aliphatic heterocycles. The Balaban J connectivity index is 1.94. The van der Waals surface area contributed by atoms with E-state index in [2.05, 4.69) is 17.1 Å². The summed E-state index contributed by atoms with van der Waals surface area (Å²) < 4.78 is 50.9. The van der Waals surface area contributed by atoms with E-state index >= 15 is 0 Å². The second kappa shape index (κ2) is 9.27. The Morgan fingerprint density at radius 2 is 1.50 bits per heavy atom. The van der Waals surface area contributed by atoms with Crippen molar-refractivity contribution in [2.24, 2.45) is 10.2 Å². The van der Waals surface area contributed by atoms with Crippen molar-refractivity contribution in [1.29, 1.82) is 0 Å². The monoisotopic (exact) mass is 364 g/mol. The third-order valence-corrected chi connectivity index (χ3v) is 3.83. The predicted octanol–water partition coefficient (Wildman–Crippen LogP) is 6.03. The fourth-order valence-electron chi connectivity index (χ4n) is 2.39. The van der Waals surface area contributed by atoms with E-state index in [1.165, 1.54) is 30.8 Å². The smallest absolute Gasteiger partial charge is 0.206 e. The first-order chi connectivity index (χ1) is 12.4. The lowest BCUT2D eigenvalue weighted by Crippen LogP contribution is -2.08. The Bertz CT molecular complexity index is 762. The molecule has 0 bridgehead atoms.